The van der Waals surface area contributed by atoms with Crippen LogP contribution in [0.5, 0.6) is 0 Å². The maximum atomic E-state index is 11.9. The molecule has 0 radical (unpaired) electrons. The minimum absolute atomic E-state index is 0.212. The van der Waals surface area contributed by atoms with Crippen LogP contribution in [0.1, 0.15) is 17.3 Å². The average molecular weight is 264 g/mol. The number of nitrogens with zero attached hydrogens (tertiary/aromatic N) is 1. The molecule has 0 fully saturated rings. The van der Waals surface area contributed by atoms with Gasteiger partial charge in [0.25, 0.3) is 0 Å². The number of rotatable bonds is 3. The molecule has 2 rings (SSSR count). The molecule has 0 bridgehead atoms. The summed E-state index contributed by atoms with van der Waals surface area (Å²) in [5.74, 6) is -0.793. The third kappa shape index (κ3) is 2.65. The van der Waals surface area contributed by atoms with Crippen LogP contribution in [-0.4, -0.2) is 23.3 Å². The largest absolute Gasteiger partial charge is 0.454 e. The molecule has 0 aliphatic heterocycles. The topological polar surface area (TPSA) is 56.3 Å². The van der Waals surface area contributed by atoms with Gasteiger partial charge >= 0.3 is 5.97 Å². The number of esters is 1. The van der Waals surface area contributed by atoms with Crippen LogP contribution < -0.4 is 0 Å². The van der Waals surface area contributed by atoms with Gasteiger partial charge in [-0.1, -0.05) is 29.8 Å². The van der Waals surface area contributed by atoms with E-state index >= 15 is 0 Å². The summed E-state index contributed by atoms with van der Waals surface area (Å²) in [6.07, 6.45) is 0. The fraction of sp³-hybridized carbons (Fsp3) is 0.154. The quantitative estimate of drug-likeness (QED) is 0.631. The number of para-hydroxylation sites is 1. The Morgan fingerprint density at radius 1 is 1.33 bits per heavy atom. The first-order valence-electron chi connectivity index (χ1n) is 5.30. The number of hydrogen-bond acceptors (Lipinski definition) is 4. The summed E-state index contributed by atoms with van der Waals surface area (Å²) in [7, 11) is 0. The molecule has 1 aromatic carbocycles. The van der Waals surface area contributed by atoms with Crippen molar-refractivity contribution in [2.75, 3.05) is 6.61 Å². The molecule has 18 heavy (non-hydrogen) atoms. The summed E-state index contributed by atoms with van der Waals surface area (Å²) in [4.78, 5) is 26.8. The van der Waals surface area contributed by atoms with Gasteiger partial charge in [-0.15, -0.1) is 0 Å². The number of halogens is 1. The number of carbonyl (C=O) groups excluding carboxylic acids is 2. The third-order valence-electron chi connectivity index (χ3n) is 2.31. The van der Waals surface area contributed by atoms with E-state index in [1.54, 1.807) is 24.3 Å². The van der Waals surface area contributed by atoms with Crippen LogP contribution in [0.4, 0.5) is 0 Å². The molecule has 0 saturated carbocycles. The lowest BCUT2D eigenvalue weighted by Crippen LogP contribution is -2.12. The molecule has 0 aliphatic carbocycles. The number of ether oxygens (including phenoxy) is 1. The Morgan fingerprint density at radius 3 is 2.78 bits per heavy atom. The Hall–Kier alpha value is -1.94. The minimum atomic E-state index is -0.578. The van der Waals surface area contributed by atoms with E-state index < -0.39 is 5.97 Å². The molecular weight excluding hydrogens is 254 g/mol. The molecular formula is C13H10ClNO3. The second-order valence-electron chi connectivity index (χ2n) is 3.79. The summed E-state index contributed by atoms with van der Waals surface area (Å²) >= 11 is 5.84. The first kappa shape index (κ1) is 12.5. The average Bonchev–Trinajstić information content (AvgIpc) is 2.34. The van der Waals surface area contributed by atoms with Crippen molar-refractivity contribution < 1.29 is 14.3 Å². The Kier molecular flexibility index (Phi) is 3.58. The fourth-order valence-corrected chi connectivity index (χ4v) is 1.76. The lowest BCUT2D eigenvalue weighted by molar-refractivity contribution is -0.120. The normalized spacial score (nSPS) is 10.3. The number of Topliss-reactive ketones (excluding diaryl/α,β-unsaturated/α-hetero) is 1. The molecule has 1 aromatic heterocycles. The van der Waals surface area contributed by atoms with E-state index in [-0.39, 0.29) is 17.5 Å². The van der Waals surface area contributed by atoms with Gasteiger partial charge in [0.1, 0.15) is 11.8 Å². The number of pyridine rings is 1. The fourth-order valence-electron chi connectivity index (χ4n) is 1.56. The van der Waals surface area contributed by atoms with Gasteiger partial charge in [-0.2, -0.15) is 0 Å². The van der Waals surface area contributed by atoms with Crippen LogP contribution in [-0.2, 0) is 9.53 Å². The van der Waals surface area contributed by atoms with Crippen LogP contribution in [0.25, 0.3) is 10.9 Å². The summed E-state index contributed by atoms with van der Waals surface area (Å²) in [5, 5.41) is 0.860. The van der Waals surface area contributed by atoms with Crippen LogP contribution in [0.15, 0.2) is 30.3 Å². The lowest BCUT2D eigenvalue weighted by atomic mass is 10.1. The highest BCUT2D eigenvalue weighted by molar-refractivity contribution is 6.30. The maximum absolute atomic E-state index is 11.9. The zero-order chi connectivity index (χ0) is 13.1. The zero-order valence-electron chi connectivity index (χ0n) is 9.64. The second kappa shape index (κ2) is 5.14. The third-order valence-corrected chi connectivity index (χ3v) is 2.50. The highest BCUT2D eigenvalue weighted by Crippen LogP contribution is 2.21. The molecule has 4 nitrogen and oxygen atoms in total. The first-order chi connectivity index (χ1) is 8.58. The maximum Gasteiger partial charge on any atom is 0.339 e. The number of aromatic nitrogens is 1. The molecule has 0 unspecified atom stereocenters. The number of fused-ring (bicyclic) bond motifs is 1. The Labute approximate surface area is 109 Å². The van der Waals surface area contributed by atoms with E-state index in [9.17, 15) is 9.59 Å². The number of ketones is 1. The Balaban J connectivity index is 2.43. The van der Waals surface area contributed by atoms with Crippen molar-refractivity contribution >= 4 is 34.3 Å². The highest BCUT2D eigenvalue weighted by atomic mass is 35.5. The standard InChI is InChI=1S/C13H10ClNO3/c1-8(16)7-18-13(17)10-6-12(14)15-11-5-3-2-4-9(10)11/h2-6H,7H2,1H3. The monoisotopic (exact) mass is 263 g/mol. The molecule has 1 heterocycles. The molecule has 92 valence electrons. The summed E-state index contributed by atoms with van der Waals surface area (Å²) in [5.41, 5.74) is 0.923. The summed E-state index contributed by atoms with van der Waals surface area (Å²) in [6.45, 7) is 1.11. The lowest BCUT2D eigenvalue weighted by Gasteiger charge is -2.06. The molecule has 0 N–H and O–H groups in total. The Morgan fingerprint density at radius 2 is 2.06 bits per heavy atom. The van der Waals surface area contributed by atoms with Crippen molar-refractivity contribution in [2.45, 2.75) is 6.92 Å². The molecule has 0 atom stereocenters. The van der Waals surface area contributed by atoms with Crippen molar-refractivity contribution in [3.63, 3.8) is 0 Å². The highest BCUT2D eigenvalue weighted by Gasteiger charge is 2.14. The molecule has 2 aromatic rings. The van der Waals surface area contributed by atoms with Gasteiger partial charge in [-0.05, 0) is 19.1 Å². The van der Waals surface area contributed by atoms with E-state index in [0.29, 0.717) is 16.5 Å². The van der Waals surface area contributed by atoms with Gasteiger partial charge in [-0.25, -0.2) is 9.78 Å². The van der Waals surface area contributed by atoms with Crippen LogP contribution in [0.3, 0.4) is 0 Å². The second-order valence-corrected chi connectivity index (χ2v) is 4.18. The van der Waals surface area contributed by atoms with Crippen molar-refractivity contribution in [2.24, 2.45) is 0 Å². The van der Waals surface area contributed by atoms with E-state index in [1.165, 1.54) is 13.0 Å². The van der Waals surface area contributed by atoms with Crippen molar-refractivity contribution in [1.82, 2.24) is 4.98 Å². The van der Waals surface area contributed by atoms with E-state index in [2.05, 4.69) is 4.98 Å². The van der Waals surface area contributed by atoms with Crippen molar-refractivity contribution in [1.29, 1.82) is 0 Å². The zero-order valence-corrected chi connectivity index (χ0v) is 10.4. The van der Waals surface area contributed by atoms with Gasteiger partial charge in [0.2, 0.25) is 0 Å². The van der Waals surface area contributed by atoms with Crippen molar-refractivity contribution in [3.8, 4) is 0 Å². The molecule has 0 amide bonds. The SMILES string of the molecule is CC(=O)COC(=O)c1cc(Cl)nc2ccccc12. The smallest absolute Gasteiger partial charge is 0.339 e. The predicted octanol–water partition coefficient (Wildman–Crippen LogP) is 2.63. The number of hydrogen-bond donors (Lipinski definition) is 0. The van der Waals surface area contributed by atoms with Gasteiger partial charge in [-0.3, -0.25) is 4.79 Å². The van der Waals surface area contributed by atoms with Gasteiger partial charge in [0.05, 0.1) is 11.1 Å². The van der Waals surface area contributed by atoms with E-state index in [0.717, 1.165) is 0 Å². The summed E-state index contributed by atoms with van der Waals surface area (Å²) in [6, 6.07) is 8.54. The van der Waals surface area contributed by atoms with Crippen LogP contribution in [0.2, 0.25) is 5.15 Å². The van der Waals surface area contributed by atoms with Gasteiger partial charge in [0.15, 0.2) is 5.78 Å². The van der Waals surface area contributed by atoms with Gasteiger partial charge < -0.3 is 4.74 Å². The molecule has 0 spiro atoms. The summed E-state index contributed by atoms with van der Waals surface area (Å²) < 4.78 is 4.88. The first-order valence-corrected chi connectivity index (χ1v) is 5.67. The van der Waals surface area contributed by atoms with Gasteiger partial charge in [0, 0.05) is 5.39 Å². The van der Waals surface area contributed by atoms with Crippen LogP contribution >= 0.6 is 11.6 Å². The van der Waals surface area contributed by atoms with Crippen molar-refractivity contribution in [3.05, 3.63) is 41.0 Å². The number of benzene rings is 1. The Bertz CT molecular complexity index is 625. The molecule has 0 saturated heterocycles. The minimum Gasteiger partial charge on any atom is -0.454 e. The number of carbonyl (C=O) groups is 2. The predicted molar refractivity (Wildman–Crippen MR) is 67.7 cm³/mol. The molecule has 0 aliphatic rings. The van der Waals surface area contributed by atoms with Crippen LogP contribution in [0, 0.1) is 0 Å². The van der Waals surface area contributed by atoms with E-state index in [4.69, 9.17) is 16.3 Å². The molecule has 5 heteroatoms. The van der Waals surface area contributed by atoms with E-state index in [1.807, 2.05) is 0 Å².